The van der Waals surface area contributed by atoms with E-state index in [2.05, 4.69) is 9.58 Å². The molecule has 0 radical (unpaired) electrons. The standard InChI is InChI=1S/C25H32N4O4S/c30-25(27-10-14-33-15-11-27)23-21-17-34(31)22-6-2-1-5-20(22)24(21)29(26-23)19-4-3-9-28(16-19)18-7-12-32-13-8-18/h1-2,5-6,18-19H,3-4,7-17H2. The van der Waals surface area contributed by atoms with Crippen LogP contribution in [0.1, 0.15) is 47.8 Å². The Morgan fingerprint density at radius 2 is 1.74 bits per heavy atom. The van der Waals surface area contributed by atoms with Crippen molar-refractivity contribution < 1.29 is 18.5 Å². The summed E-state index contributed by atoms with van der Waals surface area (Å²) < 4.78 is 26.3. The molecule has 3 saturated heterocycles. The van der Waals surface area contributed by atoms with Gasteiger partial charge in [-0.2, -0.15) is 5.10 Å². The first-order valence-corrected chi connectivity index (χ1v) is 13.8. The van der Waals surface area contributed by atoms with E-state index in [1.54, 1.807) is 0 Å². The molecule has 34 heavy (non-hydrogen) atoms. The molecule has 182 valence electrons. The zero-order valence-electron chi connectivity index (χ0n) is 19.5. The topological polar surface area (TPSA) is 76.9 Å². The monoisotopic (exact) mass is 484 g/mol. The maximum absolute atomic E-state index is 13.6. The number of carbonyl (C=O) groups excluding carboxylic acids is 1. The van der Waals surface area contributed by atoms with E-state index < -0.39 is 10.8 Å². The summed E-state index contributed by atoms with van der Waals surface area (Å²) in [5.74, 6) is 0.278. The first kappa shape index (κ1) is 22.4. The fourth-order valence-electron chi connectivity index (χ4n) is 5.88. The Balaban J connectivity index is 1.40. The molecule has 8 nitrogen and oxygen atoms in total. The van der Waals surface area contributed by atoms with Crippen molar-refractivity contribution in [2.75, 3.05) is 52.6 Å². The van der Waals surface area contributed by atoms with Gasteiger partial charge in [0.05, 0.1) is 41.5 Å². The number of carbonyl (C=O) groups is 1. The molecule has 4 aliphatic rings. The Morgan fingerprint density at radius 3 is 2.56 bits per heavy atom. The Bertz CT molecular complexity index is 1090. The SMILES string of the molecule is O=C(c1nn(C2CCCN(C3CCOCC3)C2)c2c1CS(=O)c1ccccc1-2)N1CCOCC1. The number of ether oxygens (including phenoxy) is 2. The molecule has 1 amide bonds. The summed E-state index contributed by atoms with van der Waals surface area (Å²) in [4.78, 5) is 18.8. The molecule has 0 saturated carbocycles. The molecule has 1 aromatic heterocycles. The molecule has 0 spiro atoms. The van der Waals surface area contributed by atoms with Crippen LogP contribution in [0.2, 0.25) is 0 Å². The molecule has 4 aliphatic heterocycles. The van der Waals surface area contributed by atoms with Crippen molar-refractivity contribution in [3.05, 3.63) is 35.5 Å². The quantitative estimate of drug-likeness (QED) is 0.666. The van der Waals surface area contributed by atoms with Crippen LogP contribution >= 0.6 is 0 Å². The molecular formula is C25H32N4O4S. The minimum Gasteiger partial charge on any atom is -0.381 e. The molecule has 2 unspecified atom stereocenters. The molecule has 6 rings (SSSR count). The summed E-state index contributed by atoms with van der Waals surface area (Å²) in [6.45, 7) is 5.93. The second-order valence-corrected chi connectivity index (χ2v) is 11.1. The molecule has 5 heterocycles. The van der Waals surface area contributed by atoms with Gasteiger partial charge in [-0.15, -0.1) is 0 Å². The lowest BCUT2D eigenvalue weighted by atomic mass is 9.99. The summed E-state index contributed by atoms with van der Waals surface area (Å²) in [6.07, 6.45) is 4.29. The number of likely N-dealkylation sites (tertiary alicyclic amines) is 1. The molecule has 0 bridgehead atoms. The average molecular weight is 485 g/mol. The van der Waals surface area contributed by atoms with Crippen molar-refractivity contribution >= 4 is 16.7 Å². The van der Waals surface area contributed by atoms with Crippen LogP contribution in [0.25, 0.3) is 11.3 Å². The van der Waals surface area contributed by atoms with E-state index in [1.165, 1.54) is 0 Å². The Labute approximate surface area is 202 Å². The van der Waals surface area contributed by atoms with Crippen molar-refractivity contribution in [1.29, 1.82) is 0 Å². The third-order valence-electron chi connectivity index (χ3n) is 7.65. The Morgan fingerprint density at radius 1 is 0.971 bits per heavy atom. The average Bonchev–Trinajstić information content (AvgIpc) is 3.29. The van der Waals surface area contributed by atoms with Crippen molar-refractivity contribution in [2.45, 2.75) is 48.4 Å². The highest BCUT2D eigenvalue weighted by Crippen LogP contribution is 2.41. The van der Waals surface area contributed by atoms with Gasteiger partial charge in [0.15, 0.2) is 5.69 Å². The maximum atomic E-state index is 13.6. The van der Waals surface area contributed by atoms with E-state index in [9.17, 15) is 9.00 Å². The Hall–Kier alpha value is -2.07. The largest absolute Gasteiger partial charge is 0.381 e. The van der Waals surface area contributed by atoms with E-state index in [0.717, 1.165) is 73.7 Å². The van der Waals surface area contributed by atoms with Crippen LogP contribution in [-0.4, -0.2) is 88.3 Å². The van der Waals surface area contributed by atoms with Gasteiger partial charge in [-0.1, -0.05) is 18.2 Å². The minimum absolute atomic E-state index is 0.0632. The number of fused-ring (bicyclic) bond motifs is 3. The third kappa shape index (κ3) is 4.02. The molecule has 2 aromatic rings. The molecular weight excluding hydrogens is 452 g/mol. The number of benzene rings is 1. The summed E-state index contributed by atoms with van der Waals surface area (Å²) in [6, 6.07) is 8.65. The van der Waals surface area contributed by atoms with Gasteiger partial charge in [-0.3, -0.25) is 18.6 Å². The van der Waals surface area contributed by atoms with Gasteiger partial charge in [0.25, 0.3) is 5.91 Å². The van der Waals surface area contributed by atoms with E-state index in [-0.39, 0.29) is 11.9 Å². The summed E-state index contributed by atoms with van der Waals surface area (Å²) in [7, 11) is -1.18. The van der Waals surface area contributed by atoms with Crippen molar-refractivity contribution in [3.8, 4) is 11.3 Å². The first-order chi connectivity index (χ1) is 16.7. The van der Waals surface area contributed by atoms with Crippen LogP contribution in [0, 0.1) is 0 Å². The lowest BCUT2D eigenvalue weighted by molar-refractivity contribution is 0.0180. The number of amides is 1. The normalized spacial score (nSPS) is 26.2. The first-order valence-electron chi connectivity index (χ1n) is 12.5. The van der Waals surface area contributed by atoms with Crippen LogP contribution in [-0.2, 0) is 26.0 Å². The van der Waals surface area contributed by atoms with Gasteiger partial charge in [0.1, 0.15) is 0 Å². The van der Waals surface area contributed by atoms with Crippen molar-refractivity contribution in [3.63, 3.8) is 0 Å². The number of morpholine rings is 1. The lowest BCUT2D eigenvalue weighted by Crippen LogP contribution is -2.46. The highest BCUT2D eigenvalue weighted by molar-refractivity contribution is 7.84. The van der Waals surface area contributed by atoms with Gasteiger partial charge in [0.2, 0.25) is 0 Å². The molecule has 1 aromatic carbocycles. The van der Waals surface area contributed by atoms with Crippen LogP contribution in [0.5, 0.6) is 0 Å². The molecule has 3 fully saturated rings. The second-order valence-electron chi connectivity index (χ2n) is 9.65. The zero-order chi connectivity index (χ0) is 23.1. The van der Waals surface area contributed by atoms with Gasteiger partial charge >= 0.3 is 0 Å². The highest BCUT2D eigenvalue weighted by Gasteiger charge is 2.37. The van der Waals surface area contributed by atoms with Crippen LogP contribution in [0.4, 0.5) is 0 Å². The Kier molecular flexibility index (Phi) is 6.28. The fourth-order valence-corrected chi connectivity index (χ4v) is 7.21. The highest BCUT2D eigenvalue weighted by atomic mass is 32.2. The van der Waals surface area contributed by atoms with Gasteiger partial charge < -0.3 is 14.4 Å². The third-order valence-corrected chi connectivity index (χ3v) is 9.05. The zero-order valence-corrected chi connectivity index (χ0v) is 20.3. The summed E-state index contributed by atoms with van der Waals surface area (Å²) in [5, 5.41) is 5.00. The minimum atomic E-state index is -1.18. The number of hydrogen-bond donors (Lipinski definition) is 0. The second kappa shape index (κ2) is 9.53. The van der Waals surface area contributed by atoms with Crippen LogP contribution < -0.4 is 0 Å². The molecule has 0 aliphatic carbocycles. The van der Waals surface area contributed by atoms with Crippen LogP contribution in [0.3, 0.4) is 0 Å². The summed E-state index contributed by atoms with van der Waals surface area (Å²) in [5.41, 5.74) is 3.27. The van der Waals surface area contributed by atoms with Crippen molar-refractivity contribution in [2.24, 2.45) is 0 Å². The van der Waals surface area contributed by atoms with E-state index in [1.807, 2.05) is 29.2 Å². The van der Waals surface area contributed by atoms with Gasteiger partial charge in [0, 0.05) is 54.9 Å². The predicted octanol–water partition coefficient (Wildman–Crippen LogP) is 2.46. The van der Waals surface area contributed by atoms with E-state index >= 15 is 0 Å². The van der Waals surface area contributed by atoms with E-state index in [0.29, 0.717) is 43.8 Å². The molecule has 9 heteroatoms. The lowest BCUT2D eigenvalue weighted by Gasteiger charge is -2.40. The smallest absolute Gasteiger partial charge is 0.274 e. The number of aromatic nitrogens is 2. The number of piperidine rings is 1. The number of hydrogen-bond acceptors (Lipinski definition) is 6. The molecule has 2 atom stereocenters. The summed E-state index contributed by atoms with van der Waals surface area (Å²) >= 11 is 0. The maximum Gasteiger partial charge on any atom is 0.274 e. The fraction of sp³-hybridized carbons (Fsp3) is 0.600. The predicted molar refractivity (Wildman–Crippen MR) is 128 cm³/mol. The number of nitrogens with zero attached hydrogens (tertiary/aromatic N) is 4. The number of rotatable bonds is 3. The van der Waals surface area contributed by atoms with Crippen LogP contribution in [0.15, 0.2) is 29.2 Å². The van der Waals surface area contributed by atoms with E-state index in [4.69, 9.17) is 14.6 Å². The van der Waals surface area contributed by atoms with Gasteiger partial charge in [-0.05, 0) is 38.3 Å². The van der Waals surface area contributed by atoms with Gasteiger partial charge in [-0.25, -0.2) is 0 Å². The molecule has 0 N–H and O–H groups in total. The van der Waals surface area contributed by atoms with Crippen molar-refractivity contribution in [1.82, 2.24) is 19.6 Å².